The highest BCUT2D eigenvalue weighted by atomic mass is 35.5. The first-order chi connectivity index (χ1) is 17.8. The molecule has 3 fully saturated rings. The molecule has 5 heterocycles. The Labute approximate surface area is 224 Å². The molecular weight excluding hydrogens is 486 g/mol. The van der Waals surface area contributed by atoms with Crippen molar-refractivity contribution in [2.45, 2.75) is 77.1 Å². The fourth-order valence-electron chi connectivity index (χ4n) is 6.83. The van der Waals surface area contributed by atoms with Crippen LogP contribution >= 0.6 is 11.6 Å². The zero-order chi connectivity index (χ0) is 25.9. The summed E-state index contributed by atoms with van der Waals surface area (Å²) < 4.78 is 7.85. The average Bonchev–Trinajstić information content (AvgIpc) is 3.44. The van der Waals surface area contributed by atoms with E-state index in [0.717, 1.165) is 96.8 Å². The lowest BCUT2D eigenvalue weighted by atomic mass is 9.84. The third-order valence-corrected chi connectivity index (χ3v) is 9.52. The van der Waals surface area contributed by atoms with E-state index >= 15 is 0 Å². The van der Waals surface area contributed by atoms with E-state index < -0.39 is 0 Å². The Kier molecular flexibility index (Phi) is 6.50. The number of fused-ring (bicyclic) bond motifs is 1. The predicted octanol–water partition coefficient (Wildman–Crippen LogP) is 4.70. The summed E-state index contributed by atoms with van der Waals surface area (Å²) in [6.07, 6.45) is 6.70. The molecule has 3 aliphatic heterocycles. The number of aromatic nitrogens is 4. The molecule has 0 amide bonds. The van der Waals surface area contributed by atoms with E-state index in [4.69, 9.17) is 21.4 Å². The Morgan fingerprint density at radius 1 is 1.08 bits per heavy atom. The van der Waals surface area contributed by atoms with Crippen molar-refractivity contribution in [3.63, 3.8) is 0 Å². The van der Waals surface area contributed by atoms with E-state index in [-0.39, 0.29) is 5.54 Å². The number of nitrogens with one attached hydrogen (secondary N) is 2. The second kappa shape index (κ2) is 9.56. The predicted molar refractivity (Wildman–Crippen MR) is 150 cm³/mol. The number of aryl methyl sites for hydroxylation is 1. The molecular formula is C28H40ClN7O. The van der Waals surface area contributed by atoms with Gasteiger partial charge in [0.05, 0.1) is 28.9 Å². The van der Waals surface area contributed by atoms with Gasteiger partial charge in [0.25, 0.3) is 0 Å². The monoisotopic (exact) mass is 525 g/mol. The summed E-state index contributed by atoms with van der Waals surface area (Å²) in [7, 11) is 1.82. The van der Waals surface area contributed by atoms with Crippen LogP contribution in [0.5, 0.6) is 0 Å². The Bertz CT molecular complexity index is 1290. The first-order valence-corrected chi connectivity index (χ1v) is 14.1. The summed E-state index contributed by atoms with van der Waals surface area (Å²) in [5.41, 5.74) is 5.44. The molecule has 200 valence electrons. The van der Waals surface area contributed by atoms with Gasteiger partial charge in [-0.1, -0.05) is 11.6 Å². The van der Waals surface area contributed by atoms with Crippen LogP contribution in [0.4, 0.5) is 5.82 Å². The van der Waals surface area contributed by atoms with E-state index in [1.807, 2.05) is 13.3 Å². The first-order valence-electron chi connectivity index (χ1n) is 13.8. The van der Waals surface area contributed by atoms with Crippen molar-refractivity contribution in [1.29, 1.82) is 0 Å². The van der Waals surface area contributed by atoms with E-state index in [1.165, 1.54) is 5.69 Å². The highest BCUT2D eigenvalue weighted by molar-refractivity contribution is 6.36. The van der Waals surface area contributed by atoms with Crippen molar-refractivity contribution < 1.29 is 4.74 Å². The summed E-state index contributed by atoms with van der Waals surface area (Å²) in [6, 6.07) is 3.07. The number of rotatable bonds is 5. The van der Waals surface area contributed by atoms with Gasteiger partial charge in [-0.15, -0.1) is 0 Å². The van der Waals surface area contributed by atoms with Crippen LogP contribution in [-0.2, 0) is 4.74 Å². The number of H-pyrrole nitrogens is 1. The molecule has 0 saturated carbocycles. The number of hydrogen-bond donors (Lipinski definition) is 2. The average molecular weight is 526 g/mol. The molecule has 37 heavy (non-hydrogen) atoms. The minimum Gasteiger partial charge on any atom is -0.379 e. The molecule has 6 rings (SSSR count). The molecule has 3 aromatic rings. The van der Waals surface area contributed by atoms with Crippen LogP contribution in [-0.4, -0.2) is 82.4 Å². The van der Waals surface area contributed by atoms with Gasteiger partial charge in [0.1, 0.15) is 0 Å². The van der Waals surface area contributed by atoms with E-state index in [2.05, 4.69) is 63.8 Å². The Hall–Kier alpha value is -2.13. The van der Waals surface area contributed by atoms with Crippen LogP contribution < -0.4 is 10.2 Å². The molecule has 0 radical (unpaired) electrons. The Balaban J connectivity index is 1.45. The van der Waals surface area contributed by atoms with Gasteiger partial charge >= 0.3 is 0 Å². The standard InChI is InChI=1S/C28H40ClN7O/c1-17-12-23-22(14-31-32-23)25(26(17)29)24-18(2)36(19-6-9-30-10-7-19)33-27(24)35-11-8-20(13-28(35,3)4)34-15-21(16-34)37-5/h12,14,19-21,30H,6-11,13,15-16H2,1-5H3,(H,31,32). The van der Waals surface area contributed by atoms with E-state index in [0.29, 0.717) is 18.2 Å². The van der Waals surface area contributed by atoms with E-state index in [9.17, 15) is 0 Å². The second-order valence-corrected chi connectivity index (χ2v) is 12.2. The number of piperidine rings is 2. The molecule has 8 nitrogen and oxygen atoms in total. The van der Waals surface area contributed by atoms with Crippen LogP contribution in [0.25, 0.3) is 22.0 Å². The lowest BCUT2D eigenvalue weighted by Gasteiger charge is -2.52. The maximum Gasteiger partial charge on any atom is 0.159 e. The Morgan fingerprint density at radius 2 is 1.84 bits per heavy atom. The summed E-state index contributed by atoms with van der Waals surface area (Å²) >= 11 is 7.11. The summed E-state index contributed by atoms with van der Waals surface area (Å²) in [6.45, 7) is 14.2. The molecule has 2 aromatic heterocycles. The van der Waals surface area contributed by atoms with Gasteiger partial charge in [-0.3, -0.25) is 14.7 Å². The lowest BCUT2D eigenvalue weighted by molar-refractivity contribution is -0.0598. The van der Waals surface area contributed by atoms with Crippen LogP contribution in [0.2, 0.25) is 5.02 Å². The first kappa shape index (κ1) is 25.2. The number of benzene rings is 1. The SMILES string of the molecule is COC1CN(C2CCN(c3nn(C4CCNCC4)c(C)c3-c3c(Cl)c(C)cc4[nH]ncc34)C(C)(C)C2)C1. The topological polar surface area (TPSA) is 74.2 Å². The van der Waals surface area contributed by atoms with Crippen molar-refractivity contribution in [2.75, 3.05) is 44.7 Å². The van der Waals surface area contributed by atoms with Crippen LogP contribution in [0, 0.1) is 13.8 Å². The van der Waals surface area contributed by atoms with E-state index in [1.54, 1.807) is 0 Å². The number of aromatic amines is 1. The van der Waals surface area contributed by atoms with Crippen molar-refractivity contribution in [3.8, 4) is 11.1 Å². The Morgan fingerprint density at radius 3 is 2.54 bits per heavy atom. The maximum absolute atomic E-state index is 7.11. The van der Waals surface area contributed by atoms with Gasteiger partial charge in [-0.05, 0) is 78.1 Å². The molecule has 3 aliphatic rings. The smallest absolute Gasteiger partial charge is 0.159 e. The number of methoxy groups -OCH3 is 1. The molecule has 0 spiro atoms. The van der Waals surface area contributed by atoms with Gasteiger partial charge in [-0.25, -0.2) is 0 Å². The number of likely N-dealkylation sites (tertiary alicyclic amines) is 1. The van der Waals surface area contributed by atoms with Crippen molar-refractivity contribution >= 4 is 28.3 Å². The van der Waals surface area contributed by atoms with Crippen LogP contribution in [0.1, 0.15) is 56.8 Å². The molecule has 2 N–H and O–H groups in total. The van der Waals surface area contributed by atoms with Gasteiger partial charge in [0.2, 0.25) is 0 Å². The summed E-state index contributed by atoms with van der Waals surface area (Å²) in [4.78, 5) is 5.15. The summed E-state index contributed by atoms with van der Waals surface area (Å²) in [5, 5.41) is 18.3. The molecule has 0 aliphatic carbocycles. The quantitative estimate of drug-likeness (QED) is 0.503. The number of halogens is 1. The molecule has 3 saturated heterocycles. The van der Waals surface area contributed by atoms with Gasteiger partial charge in [-0.2, -0.15) is 10.2 Å². The highest BCUT2D eigenvalue weighted by Gasteiger charge is 2.43. The van der Waals surface area contributed by atoms with Gasteiger partial charge in [0.15, 0.2) is 5.82 Å². The summed E-state index contributed by atoms with van der Waals surface area (Å²) in [5.74, 6) is 1.06. The van der Waals surface area contributed by atoms with Gasteiger partial charge < -0.3 is 15.0 Å². The van der Waals surface area contributed by atoms with Crippen molar-refractivity contribution in [3.05, 3.63) is 28.5 Å². The molecule has 1 aromatic carbocycles. The zero-order valence-corrected chi connectivity index (χ0v) is 23.5. The highest BCUT2D eigenvalue weighted by Crippen LogP contribution is 2.47. The second-order valence-electron chi connectivity index (χ2n) is 11.8. The number of nitrogens with zero attached hydrogens (tertiary/aromatic N) is 5. The molecule has 9 heteroatoms. The van der Waals surface area contributed by atoms with Crippen LogP contribution in [0.15, 0.2) is 12.3 Å². The zero-order valence-electron chi connectivity index (χ0n) is 22.8. The minimum absolute atomic E-state index is 0.0403. The van der Waals surface area contributed by atoms with Crippen LogP contribution in [0.3, 0.4) is 0 Å². The van der Waals surface area contributed by atoms with Crippen molar-refractivity contribution in [2.24, 2.45) is 0 Å². The fourth-order valence-corrected chi connectivity index (χ4v) is 7.08. The van der Waals surface area contributed by atoms with Gasteiger partial charge in [0, 0.05) is 60.5 Å². The molecule has 0 bridgehead atoms. The third kappa shape index (κ3) is 4.26. The lowest BCUT2D eigenvalue weighted by Crippen LogP contribution is -2.62. The normalized spacial score (nSPS) is 23.6. The van der Waals surface area contributed by atoms with Crippen molar-refractivity contribution in [1.82, 2.24) is 30.2 Å². The fraction of sp³-hybridized carbons (Fsp3) is 0.643. The molecule has 1 atom stereocenters. The third-order valence-electron chi connectivity index (χ3n) is 9.03. The number of hydrogen-bond acceptors (Lipinski definition) is 6. The maximum atomic E-state index is 7.11. The number of ether oxygens (including phenoxy) is 1. The molecule has 1 unspecified atom stereocenters. The largest absolute Gasteiger partial charge is 0.379 e. The number of anilines is 1. The minimum atomic E-state index is -0.0403.